The third kappa shape index (κ3) is 5.27. The van der Waals surface area contributed by atoms with Crippen molar-refractivity contribution in [2.45, 2.75) is 12.4 Å². The van der Waals surface area contributed by atoms with Crippen LogP contribution in [0.4, 0.5) is 18.9 Å². The molecule has 2 rings (SSSR count). The molecule has 0 saturated heterocycles. The van der Waals surface area contributed by atoms with Crippen molar-refractivity contribution in [3.63, 3.8) is 0 Å². The minimum atomic E-state index is -4.72. The summed E-state index contributed by atoms with van der Waals surface area (Å²) in [6.07, 6.45) is -4.72. The van der Waals surface area contributed by atoms with E-state index in [1.165, 1.54) is 24.3 Å². The van der Waals surface area contributed by atoms with Gasteiger partial charge in [0.15, 0.2) is 0 Å². The second kappa shape index (κ2) is 7.74. The monoisotopic (exact) mass is 474 g/mol. The molecule has 9 heteroatoms. The van der Waals surface area contributed by atoms with Gasteiger partial charge in [0.25, 0.3) is 0 Å². The van der Waals surface area contributed by atoms with Crippen molar-refractivity contribution in [1.82, 2.24) is 0 Å². The van der Waals surface area contributed by atoms with E-state index in [0.717, 1.165) is 4.47 Å². The van der Waals surface area contributed by atoms with E-state index < -0.39 is 12.4 Å². The van der Waals surface area contributed by atoms with E-state index in [1.807, 2.05) is 0 Å². The molecule has 126 valence electrons. The molecular formula is C14H12Br2ClF3N2O. The fraction of sp³-hybridized carbons (Fsp3) is 0.143. The van der Waals surface area contributed by atoms with Gasteiger partial charge in [0, 0.05) is 8.95 Å². The van der Waals surface area contributed by atoms with Gasteiger partial charge in [-0.15, -0.1) is 25.6 Å². The molecule has 0 aromatic heterocycles. The highest BCUT2D eigenvalue weighted by Gasteiger charge is 2.31. The van der Waals surface area contributed by atoms with E-state index in [9.17, 15) is 13.2 Å². The zero-order valence-electron chi connectivity index (χ0n) is 11.4. The summed E-state index contributed by atoms with van der Waals surface area (Å²) in [6, 6.07) is 8.35. The molecular weight excluding hydrogens is 464 g/mol. The van der Waals surface area contributed by atoms with Crippen molar-refractivity contribution in [2.24, 2.45) is 5.73 Å². The maximum absolute atomic E-state index is 12.1. The second-order valence-corrected chi connectivity index (χ2v) is 6.26. The van der Waals surface area contributed by atoms with Gasteiger partial charge < -0.3 is 16.2 Å². The molecule has 4 N–H and O–H groups in total. The molecule has 0 heterocycles. The maximum atomic E-state index is 12.1. The first-order chi connectivity index (χ1) is 10.2. The van der Waals surface area contributed by atoms with Crippen molar-refractivity contribution in [2.75, 3.05) is 5.73 Å². The van der Waals surface area contributed by atoms with E-state index in [0.29, 0.717) is 21.3 Å². The standard InChI is InChI=1S/C14H11Br2F3N2O.ClH/c15-8-5-10(13(21)11(16)6-8)12(20)7-1-3-9(4-2-7)22-14(17,18)19;/h1-6,12H,20-21H2;1H/t12-;/m1./s1. The maximum Gasteiger partial charge on any atom is 0.573 e. The van der Waals surface area contributed by atoms with Crippen molar-refractivity contribution >= 4 is 50.0 Å². The van der Waals surface area contributed by atoms with Gasteiger partial charge in [0.2, 0.25) is 0 Å². The molecule has 1 atom stereocenters. The molecule has 0 amide bonds. The molecule has 23 heavy (non-hydrogen) atoms. The Morgan fingerprint density at radius 3 is 2.13 bits per heavy atom. The Kier molecular flexibility index (Phi) is 6.76. The Morgan fingerprint density at radius 2 is 1.61 bits per heavy atom. The molecule has 0 unspecified atom stereocenters. The minimum Gasteiger partial charge on any atom is -0.406 e. The predicted molar refractivity (Wildman–Crippen MR) is 92.7 cm³/mol. The third-order valence-electron chi connectivity index (χ3n) is 2.93. The number of benzene rings is 2. The summed E-state index contributed by atoms with van der Waals surface area (Å²) in [6.45, 7) is 0. The summed E-state index contributed by atoms with van der Waals surface area (Å²) in [5.74, 6) is -0.299. The number of halogens is 6. The van der Waals surface area contributed by atoms with Gasteiger partial charge in [-0.25, -0.2) is 0 Å². The Hall–Kier alpha value is -0.960. The molecule has 0 radical (unpaired) electrons. The number of rotatable bonds is 3. The van der Waals surface area contributed by atoms with Gasteiger partial charge in [0.05, 0.1) is 11.7 Å². The zero-order chi connectivity index (χ0) is 16.5. The van der Waals surface area contributed by atoms with Crippen LogP contribution < -0.4 is 16.2 Å². The predicted octanol–water partition coefficient (Wildman–Crippen LogP) is 5.16. The quantitative estimate of drug-likeness (QED) is 0.602. The van der Waals surface area contributed by atoms with E-state index in [-0.39, 0.29) is 18.2 Å². The van der Waals surface area contributed by atoms with Crippen molar-refractivity contribution in [3.05, 3.63) is 56.5 Å². The molecule has 0 saturated carbocycles. The Bertz CT molecular complexity index is 681. The van der Waals surface area contributed by atoms with Crippen LogP contribution in [0, 0.1) is 0 Å². The largest absolute Gasteiger partial charge is 0.573 e. The molecule has 2 aromatic rings. The first-order valence-corrected chi connectivity index (χ1v) is 7.61. The highest BCUT2D eigenvalue weighted by atomic mass is 79.9. The number of nitrogens with two attached hydrogens (primary N) is 2. The minimum absolute atomic E-state index is 0. The number of ether oxygens (including phenoxy) is 1. The average molecular weight is 477 g/mol. The van der Waals surface area contributed by atoms with Crippen LogP contribution in [0.5, 0.6) is 5.75 Å². The molecule has 0 aliphatic carbocycles. The van der Waals surface area contributed by atoms with Gasteiger partial charge in [-0.05, 0) is 51.3 Å². The van der Waals surface area contributed by atoms with E-state index >= 15 is 0 Å². The number of nitrogen functional groups attached to an aromatic ring is 1. The lowest BCUT2D eigenvalue weighted by molar-refractivity contribution is -0.274. The van der Waals surface area contributed by atoms with Crippen molar-refractivity contribution in [1.29, 1.82) is 0 Å². The highest BCUT2D eigenvalue weighted by molar-refractivity contribution is 9.11. The van der Waals surface area contributed by atoms with Gasteiger partial charge >= 0.3 is 6.36 Å². The molecule has 0 fully saturated rings. The van der Waals surface area contributed by atoms with Crippen LogP contribution in [0.25, 0.3) is 0 Å². The van der Waals surface area contributed by atoms with Crippen LogP contribution in [0.1, 0.15) is 17.2 Å². The van der Waals surface area contributed by atoms with E-state index in [2.05, 4.69) is 36.6 Å². The number of hydrogen-bond donors (Lipinski definition) is 2. The van der Waals surface area contributed by atoms with Gasteiger partial charge in [-0.1, -0.05) is 28.1 Å². The normalized spacial score (nSPS) is 12.4. The zero-order valence-corrected chi connectivity index (χ0v) is 15.4. The third-order valence-corrected chi connectivity index (χ3v) is 4.05. The summed E-state index contributed by atoms with van der Waals surface area (Å²) in [4.78, 5) is 0. The van der Waals surface area contributed by atoms with Crippen LogP contribution in [-0.2, 0) is 0 Å². The first-order valence-electron chi connectivity index (χ1n) is 6.03. The van der Waals surface area contributed by atoms with Gasteiger partial charge in [-0.2, -0.15) is 0 Å². The SMILES string of the molecule is Cl.Nc1c(Br)cc(Br)cc1[C@H](N)c1ccc(OC(F)(F)F)cc1. The summed E-state index contributed by atoms with van der Waals surface area (Å²) < 4.78 is 41.7. The molecule has 0 spiro atoms. The fourth-order valence-electron chi connectivity index (χ4n) is 1.92. The van der Waals surface area contributed by atoms with Crippen molar-refractivity contribution in [3.8, 4) is 5.75 Å². The molecule has 2 aromatic carbocycles. The molecule has 0 aliphatic heterocycles. The second-order valence-electron chi connectivity index (χ2n) is 4.49. The van der Waals surface area contributed by atoms with Crippen LogP contribution in [0.3, 0.4) is 0 Å². The lowest BCUT2D eigenvalue weighted by atomic mass is 9.98. The fourth-order valence-corrected chi connectivity index (χ4v) is 3.18. The Labute approximate surface area is 153 Å². The summed E-state index contributed by atoms with van der Waals surface area (Å²) in [5, 5.41) is 0. The molecule has 0 bridgehead atoms. The first kappa shape index (κ1) is 20.1. The van der Waals surface area contributed by atoms with Crippen LogP contribution in [0.2, 0.25) is 0 Å². The topological polar surface area (TPSA) is 61.3 Å². The Balaban J connectivity index is 0.00000264. The highest BCUT2D eigenvalue weighted by Crippen LogP contribution is 2.34. The number of alkyl halides is 3. The van der Waals surface area contributed by atoms with Gasteiger partial charge in [0.1, 0.15) is 5.75 Å². The van der Waals surface area contributed by atoms with Crippen LogP contribution >= 0.6 is 44.3 Å². The number of hydrogen-bond acceptors (Lipinski definition) is 3. The lowest BCUT2D eigenvalue weighted by Gasteiger charge is -2.17. The van der Waals surface area contributed by atoms with E-state index in [1.54, 1.807) is 12.1 Å². The molecule has 3 nitrogen and oxygen atoms in total. The summed E-state index contributed by atoms with van der Waals surface area (Å²) in [5.41, 5.74) is 13.9. The van der Waals surface area contributed by atoms with Crippen molar-refractivity contribution < 1.29 is 17.9 Å². The van der Waals surface area contributed by atoms with Crippen LogP contribution in [0.15, 0.2) is 45.3 Å². The van der Waals surface area contributed by atoms with Crippen LogP contribution in [-0.4, -0.2) is 6.36 Å². The Morgan fingerprint density at radius 1 is 1.04 bits per heavy atom. The lowest BCUT2D eigenvalue weighted by Crippen LogP contribution is -2.17. The average Bonchev–Trinajstić information content (AvgIpc) is 2.41. The number of anilines is 1. The summed E-state index contributed by atoms with van der Waals surface area (Å²) >= 11 is 6.67. The molecule has 0 aliphatic rings. The van der Waals surface area contributed by atoms with Gasteiger partial charge in [-0.3, -0.25) is 0 Å². The van der Waals surface area contributed by atoms with E-state index in [4.69, 9.17) is 11.5 Å². The summed E-state index contributed by atoms with van der Waals surface area (Å²) in [7, 11) is 0. The smallest absolute Gasteiger partial charge is 0.406 e.